The first-order valence-corrected chi connectivity index (χ1v) is 4.92. The Morgan fingerprint density at radius 3 is 2.64 bits per heavy atom. The topological polar surface area (TPSA) is 80.4 Å². The molecule has 0 amide bonds. The van der Waals surface area contributed by atoms with Gasteiger partial charge in [0.15, 0.2) is 0 Å². The maximum atomic E-state index is 11.1. The van der Waals surface area contributed by atoms with Crippen molar-refractivity contribution >= 4 is 12.3 Å². The van der Waals surface area contributed by atoms with Crippen LogP contribution in [0.2, 0.25) is 0 Å². The molecule has 0 bridgehead atoms. The van der Waals surface area contributed by atoms with Crippen LogP contribution in [-0.4, -0.2) is 22.9 Å². The van der Waals surface area contributed by atoms with E-state index in [1.54, 1.807) is 6.92 Å². The number of hydrogen-bond donors (Lipinski definition) is 2. The third kappa shape index (κ3) is 1.43. The zero-order valence-electron chi connectivity index (χ0n) is 8.56. The maximum absolute atomic E-state index is 11.1. The molecule has 1 aliphatic rings. The van der Waals surface area contributed by atoms with Gasteiger partial charge in [0.25, 0.3) is 0 Å². The molecule has 1 aliphatic carbocycles. The van der Waals surface area contributed by atoms with Crippen molar-refractivity contribution in [2.24, 2.45) is 23.5 Å². The van der Waals surface area contributed by atoms with Crippen LogP contribution in [-0.2, 0) is 9.59 Å². The van der Waals surface area contributed by atoms with Gasteiger partial charge in [-0.25, -0.2) is 0 Å². The van der Waals surface area contributed by atoms with Crippen LogP contribution < -0.4 is 5.73 Å². The molecule has 0 saturated heterocycles. The van der Waals surface area contributed by atoms with Crippen LogP contribution in [0.15, 0.2) is 0 Å². The number of carbonyl (C=O) groups is 2. The summed E-state index contributed by atoms with van der Waals surface area (Å²) in [5.41, 5.74) is 4.69. The van der Waals surface area contributed by atoms with E-state index in [0.29, 0.717) is 0 Å². The predicted octanol–water partition coefficient (Wildman–Crippen LogP) is 0.650. The molecule has 0 aromatic carbocycles. The molecule has 0 aromatic heterocycles. The normalized spacial score (nSPS) is 39.4. The molecule has 0 radical (unpaired) electrons. The molecule has 1 fully saturated rings. The first-order valence-electron chi connectivity index (χ1n) is 4.92. The number of hydrogen-bond acceptors (Lipinski definition) is 3. The molecule has 1 saturated carbocycles. The SMILES string of the molecule is CC(C=O)[C@H]1CC[C@H](C)[C@@]1(N)C(=O)O. The Hall–Kier alpha value is -0.900. The average Bonchev–Trinajstić information content (AvgIpc) is 2.44. The third-order valence-electron chi connectivity index (χ3n) is 3.56. The number of nitrogens with two attached hydrogens (primary N) is 1. The van der Waals surface area contributed by atoms with Gasteiger partial charge in [-0.1, -0.05) is 13.8 Å². The van der Waals surface area contributed by atoms with Gasteiger partial charge in [-0.05, 0) is 24.7 Å². The van der Waals surface area contributed by atoms with Crippen molar-refractivity contribution in [3.8, 4) is 0 Å². The minimum Gasteiger partial charge on any atom is -0.480 e. The van der Waals surface area contributed by atoms with Crippen molar-refractivity contribution in [2.75, 3.05) is 0 Å². The molecule has 0 aromatic rings. The number of carboxylic acid groups (broad SMARTS) is 1. The summed E-state index contributed by atoms with van der Waals surface area (Å²) >= 11 is 0. The predicted molar refractivity (Wildman–Crippen MR) is 51.7 cm³/mol. The third-order valence-corrected chi connectivity index (χ3v) is 3.56. The number of aliphatic carboxylic acids is 1. The van der Waals surface area contributed by atoms with Crippen molar-refractivity contribution < 1.29 is 14.7 Å². The second-order valence-electron chi connectivity index (χ2n) is 4.32. The van der Waals surface area contributed by atoms with Gasteiger partial charge in [-0.15, -0.1) is 0 Å². The molecule has 0 aliphatic heterocycles. The fourth-order valence-electron chi connectivity index (χ4n) is 2.43. The molecule has 80 valence electrons. The van der Waals surface area contributed by atoms with Crippen molar-refractivity contribution in [3.05, 3.63) is 0 Å². The summed E-state index contributed by atoms with van der Waals surface area (Å²) in [6.45, 7) is 3.58. The minimum atomic E-state index is -1.22. The van der Waals surface area contributed by atoms with E-state index in [1.165, 1.54) is 0 Å². The highest BCUT2D eigenvalue weighted by molar-refractivity contribution is 5.80. The number of rotatable bonds is 3. The molecular weight excluding hydrogens is 182 g/mol. The molecule has 0 heterocycles. The highest BCUT2D eigenvalue weighted by Gasteiger charge is 2.52. The van der Waals surface area contributed by atoms with Gasteiger partial charge >= 0.3 is 5.97 Å². The van der Waals surface area contributed by atoms with Gasteiger partial charge in [0.1, 0.15) is 11.8 Å². The van der Waals surface area contributed by atoms with Gasteiger partial charge in [0.2, 0.25) is 0 Å². The van der Waals surface area contributed by atoms with E-state index in [9.17, 15) is 9.59 Å². The monoisotopic (exact) mass is 199 g/mol. The maximum Gasteiger partial charge on any atom is 0.324 e. The Balaban J connectivity index is 2.97. The number of carbonyl (C=O) groups excluding carboxylic acids is 1. The van der Waals surface area contributed by atoms with E-state index in [-0.39, 0.29) is 17.8 Å². The van der Waals surface area contributed by atoms with E-state index >= 15 is 0 Å². The first-order chi connectivity index (χ1) is 6.44. The van der Waals surface area contributed by atoms with Crippen LogP contribution in [0.25, 0.3) is 0 Å². The van der Waals surface area contributed by atoms with Crippen molar-refractivity contribution in [1.82, 2.24) is 0 Å². The van der Waals surface area contributed by atoms with Crippen molar-refractivity contribution in [1.29, 1.82) is 0 Å². The summed E-state index contributed by atoms with van der Waals surface area (Å²) < 4.78 is 0. The molecule has 0 spiro atoms. The summed E-state index contributed by atoms with van der Waals surface area (Å²) in [6.07, 6.45) is 2.31. The van der Waals surface area contributed by atoms with Crippen LogP contribution in [0.5, 0.6) is 0 Å². The molecule has 4 atom stereocenters. The second kappa shape index (κ2) is 3.69. The van der Waals surface area contributed by atoms with Gasteiger partial charge in [-0.2, -0.15) is 0 Å². The number of carboxylic acids is 1. The van der Waals surface area contributed by atoms with Crippen LogP contribution in [0.3, 0.4) is 0 Å². The fourth-order valence-corrected chi connectivity index (χ4v) is 2.43. The lowest BCUT2D eigenvalue weighted by atomic mass is 9.76. The lowest BCUT2D eigenvalue weighted by Gasteiger charge is -2.32. The van der Waals surface area contributed by atoms with Crippen LogP contribution in [0.4, 0.5) is 0 Å². The van der Waals surface area contributed by atoms with E-state index in [4.69, 9.17) is 10.8 Å². The van der Waals surface area contributed by atoms with Crippen LogP contribution >= 0.6 is 0 Å². The molecule has 1 rings (SSSR count). The van der Waals surface area contributed by atoms with Gasteiger partial charge < -0.3 is 15.6 Å². The zero-order chi connectivity index (χ0) is 10.9. The molecule has 14 heavy (non-hydrogen) atoms. The van der Waals surface area contributed by atoms with Crippen molar-refractivity contribution in [3.63, 3.8) is 0 Å². The van der Waals surface area contributed by atoms with E-state index in [0.717, 1.165) is 19.1 Å². The quantitative estimate of drug-likeness (QED) is 0.654. The highest BCUT2D eigenvalue weighted by atomic mass is 16.4. The van der Waals surface area contributed by atoms with E-state index in [2.05, 4.69) is 0 Å². The minimum absolute atomic E-state index is 0.0626. The summed E-state index contributed by atoms with van der Waals surface area (Å²) in [6, 6.07) is 0. The van der Waals surface area contributed by atoms with Crippen molar-refractivity contribution in [2.45, 2.75) is 32.2 Å². The van der Waals surface area contributed by atoms with Gasteiger partial charge in [0, 0.05) is 5.92 Å². The van der Waals surface area contributed by atoms with Gasteiger partial charge in [-0.3, -0.25) is 4.79 Å². The molecule has 3 N–H and O–H groups in total. The number of aldehydes is 1. The molecular formula is C10H17NO3. The highest BCUT2D eigenvalue weighted by Crippen LogP contribution is 2.42. The fraction of sp³-hybridized carbons (Fsp3) is 0.800. The lowest BCUT2D eigenvalue weighted by molar-refractivity contribution is -0.147. The summed E-state index contributed by atoms with van der Waals surface area (Å²) in [5, 5.41) is 9.12. The Bertz CT molecular complexity index is 254. The summed E-state index contributed by atoms with van der Waals surface area (Å²) in [4.78, 5) is 21.8. The largest absolute Gasteiger partial charge is 0.480 e. The second-order valence-corrected chi connectivity index (χ2v) is 4.32. The van der Waals surface area contributed by atoms with E-state index in [1.807, 2.05) is 6.92 Å². The first kappa shape index (κ1) is 11.2. The van der Waals surface area contributed by atoms with Gasteiger partial charge in [0.05, 0.1) is 0 Å². The van der Waals surface area contributed by atoms with E-state index < -0.39 is 11.5 Å². The Labute approximate surface area is 83.5 Å². The summed E-state index contributed by atoms with van der Waals surface area (Å²) in [7, 11) is 0. The molecule has 1 unspecified atom stereocenters. The average molecular weight is 199 g/mol. The standard InChI is InChI=1S/C10H17NO3/c1-6(5-12)8-4-3-7(2)10(8,11)9(13)14/h5-8H,3-4,11H2,1-2H3,(H,13,14)/t6?,7-,8+,10-/m0/s1. The smallest absolute Gasteiger partial charge is 0.324 e. The Kier molecular flexibility index (Phi) is 2.95. The van der Waals surface area contributed by atoms with Crippen LogP contribution in [0.1, 0.15) is 26.7 Å². The Morgan fingerprint density at radius 2 is 2.21 bits per heavy atom. The summed E-state index contributed by atoms with van der Waals surface area (Å²) in [5.74, 6) is -1.55. The Morgan fingerprint density at radius 1 is 1.64 bits per heavy atom. The molecule has 4 nitrogen and oxygen atoms in total. The van der Waals surface area contributed by atoms with Crippen LogP contribution in [0, 0.1) is 17.8 Å². The lowest BCUT2D eigenvalue weighted by Crippen LogP contribution is -2.56. The zero-order valence-corrected chi connectivity index (χ0v) is 8.56. The molecule has 4 heteroatoms.